The maximum Gasteiger partial charge on any atom is 0.266 e. The molecule has 0 bridgehead atoms. The molecule has 1 amide bonds. The van der Waals surface area contributed by atoms with Crippen LogP contribution in [-0.2, 0) is 4.79 Å². The minimum absolute atomic E-state index is 0.0466. The average Bonchev–Trinajstić information content (AvgIpc) is 2.97. The van der Waals surface area contributed by atoms with Gasteiger partial charge in [0.2, 0.25) is 0 Å². The Bertz CT molecular complexity index is 945. The van der Waals surface area contributed by atoms with Crippen LogP contribution in [-0.4, -0.2) is 27.3 Å². The topological polar surface area (TPSA) is 29.5 Å². The maximum absolute atomic E-state index is 13.2. The summed E-state index contributed by atoms with van der Waals surface area (Å²) in [6, 6.07) is 12.5. The minimum atomic E-state index is 0.0466. The van der Waals surface area contributed by atoms with E-state index in [2.05, 4.69) is 18.2 Å². The summed E-state index contributed by atoms with van der Waals surface area (Å²) in [5.74, 6) is 0.849. The Labute approximate surface area is 176 Å². The summed E-state index contributed by atoms with van der Waals surface area (Å²) in [5.41, 5.74) is 0.955. The standard InChI is InChI=1S/C23H25NO2S2/c1-15(2)26-20-13-12-16-8-6-7-11-18(16)19(20)14-21-22(25)24(23(27)28-21)17-9-4-3-5-10-17/h6-8,11-15,17H,3-5,9-10H2,1-2H3/b21-14-. The fourth-order valence-electron chi connectivity index (χ4n) is 4.05. The highest BCUT2D eigenvalue weighted by Gasteiger charge is 2.37. The fraction of sp³-hybridized carbons (Fsp3) is 0.391. The number of amides is 1. The molecule has 0 spiro atoms. The molecule has 4 rings (SSSR count). The number of thioether (sulfide) groups is 1. The monoisotopic (exact) mass is 411 g/mol. The Balaban J connectivity index is 1.74. The van der Waals surface area contributed by atoms with Crippen molar-refractivity contribution in [1.82, 2.24) is 4.90 Å². The van der Waals surface area contributed by atoms with Gasteiger partial charge in [-0.25, -0.2) is 0 Å². The molecule has 2 fully saturated rings. The Kier molecular flexibility index (Phi) is 5.74. The lowest BCUT2D eigenvalue weighted by Crippen LogP contribution is -2.39. The molecule has 1 saturated heterocycles. The molecule has 0 atom stereocenters. The molecular weight excluding hydrogens is 386 g/mol. The van der Waals surface area contributed by atoms with Crippen molar-refractivity contribution >= 4 is 51.1 Å². The minimum Gasteiger partial charge on any atom is -0.490 e. The predicted octanol–water partition coefficient (Wildman–Crippen LogP) is 6.16. The zero-order valence-corrected chi connectivity index (χ0v) is 17.9. The number of ether oxygens (including phenoxy) is 1. The van der Waals surface area contributed by atoms with E-state index in [1.807, 2.05) is 43.0 Å². The zero-order chi connectivity index (χ0) is 19.7. The van der Waals surface area contributed by atoms with E-state index in [4.69, 9.17) is 17.0 Å². The molecule has 0 N–H and O–H groups in total. The molecule has 2 aromatic rings. The van der Waals surface area contributed by atoms with Crippen LogP contribution in [0.4, 0.5) is 0 Å². The van der Waals surface area contributed by atoms with Crippen molar-refractivity contribution in [3.05, 3.63) is 46.9 Å². The highest BCUT2D eigenvalue weighted by atomic mass is 32.2. The van der Waals surface area contributed by atoms with E-state index >= 15 is 0 Å². The third-order valence-electron chi connectivity index (χ3n) is 5.33. The van der Waals surface area contributed by atoms with Crippen LogP contribution in [0.2, 0.25) is 0 Å². The van der Waals surface area contributed by atoms with Crippen LogP contribution in [0.1, 0.15) is 51.5 Å². The number of carbonyl (C=O) groups is 1. The number of hydrogen-bond donors (Lipinski definition) is 0. The van der Waals surface area contributed by atoms with Gasteiger partial charge in [-0.05, 0) is 49.6 Å². The van der Waals surface area contributed by atoms with Crippen molar-refractivity contribution in [3.63, 3.8) is 0 Å². The molecule has 1 heterocycles. The van der Waals surface area contributed by atoms with Gasteiger partial charge < -0.3 is 4.74 Å². The van der Waals surface area contributed by atoms with Crippen molar-refractivity contribution in [2.75, 3.05) is 0 Å². The molecule has 0 aromatic heterocycles. The van der Waals surface area contributed by atoms with Gasteiger partial charge >= 0.3 is 0 Å². The number of nitrogens with zero attached hydrogens (tertiary/aromatic N) is 1. The lowest BCUT2D eigenvalue weighted by atomic mass is 9.94. The van der Waals surface area contributed by atoms with Crippen LogP contribution < -0.4 is 4.74 Å². The number of rotatable bonds is 4. The van der Waals surface area contributed by atoms with Crippen LogP contribution in [0.5, 0.6) is 5.75 Å². The molecule has 0 radical (unpaired) electrons. The van der Waals surface area contributed by atoms with Gasteiger partial charge in [-0.2, -0.15) is 0 Å². The van der Waals surface area contributed by atoms with Gasteiger partial charge in [0.25, 0.3) is 5.91 Å². The summed E-state index contributed by atoms with van der Waals surface area (Å²) >= 11 is 7.01. The normalized spacial score (nSPS) is 20.0. The molecule has 0 unspecified atom stereocenters. The Morgan fingerprint density at radius 3 is 2.64 bits per heavy atom. The lowest BCUT2D eigenvalue weighted by Gasteiger charge is -2.29. The second kappa shape index (κ2) is 8.26. The maximum atomic E-state index is 13.2. The molecule has 2 aromatic carbocycles. The SMILES string of the molecule is CC(C)Oc1ccc2ccccc2c1/C=C1\SC(=S)N(C2CCCCC2)C1=O. The highest BCUT2D eigenvalue weighted by Crippen LogP contribution is 2.39. The molecule has 1 aliphatic heterocycles. The summed E-state index contributed by atoms with van der Waals surface area (Å²) in [4.78, 5) is 15.8. The number of fused-ring (bicyclic) bond motifs is 1. The van der Waals surface area contributed by atoms with Crippen molar-refractivity contribution in [1.29, 1.82) is 0 Å². The van der Waals surface area contributed by atoms with Gasteiger partial charge in [0.1, 0.15) is 10.1 Å². The summed E-state index contributed by atoms with van der Waals surface area (Å²) in [6.45, 7) is 4.03. The van der Waals surface area contributed by atoms with Crippen molar-refractivity contribution in [3.8, 4) is 5.75 Å². The van der Waals surface area contributed by atoms with Gasteiger partial charge in [-0.15, -0.1) is 0 Å². The molecule has 2 aliphatic rings. The third kappa shape index (κ3) is 3.83. The van der Waals surface area contributed by atoms with Crippen molar-refractivity contribution in [2.45, 2.75) is 58.1 Å². The third-order valence-corrected chi connectivity index (χ3v) is 6.66. The Morgan fingerprint density at radius 2 is 1.89 bits per heavy atom. The fourth-order valence-corrected chi connectivity index (χ4v) is 5.43. The first-order chi connectivity index (χ1) is 13.5. The second-order valence-corrected chi connectivity index (χ2v) is 9.38. The average molecular weight is 412 g/mol. The lowest BCUT2D eigenvalue weighted by molar-refractivity contribution is -0.124. The smallest absolute Gasteiger partial charge is 0.266 e. The largest absolute Gasteiger partial charge is 0.490 e. The van der Waals surface area contributed by atoms with Crippen molar-refractivity contribution in [2.24, 2.45) is 0 Å². The first-order valence-corrected chi connectivity index (χ1v) is 11.2. The molecule has 146 valence electrons. The highest BCUT2D eigenvalue weighted by molar-refractivity contribution is 8.26. The molecule has 1 saturated carbocycles. The quantitative estimate of drug-likeness (QED) is 0.445. The summed E-state index contributed by atoms with van der Waals surface area (Å²) in [6.07, 6.45) is 7.75. The molecule has 28 heavy (non-hydrogen) atoms. The van der Waals surface area contributed by atoms with Crippen LogP contribution in [0.3, 0.4) is 0 Å². The summed E-state index contributed by atoms with van der Waals surface area (Å²) in [5, 5.41) is 2.22. The van der Waals surface area contributed by atoms with Crippen molar-refractivity contribution < 1.29 is 9.53 Å². The predicted molar refractivity (Wildman–Crippen MR) is 122 cm³/mol. The Morgan fingerprint density at radius 1 is 1.14 bits per heavy atom. The molecular formula is C23H25NO2S2. The summed E-state index contributed by atoms with van der Waals surface area (Å²) in [7, 11) is 0. The van der Waals surface area contributed by atoms with Crippen LogP contribution in [0, 0.1) is 0 Å². The Hall–Kier alpha value is -1.85. The number of hydrogen-bond acceptors (Lipinski definition) is 4. The van der Waals surface area contributed by atoms with E-state index in [1.54, 1.807) is 0 Å². The molecule has 3 nitrogen and oxygen atoms in total. The van der Waals surface area contributed by atoms with Gasteiger partial charge in [0.15, 0.2) is 0 Å². The van der Waals surface area contributed by atoms with E-state index in [-0.39, 0.29) is 18.1 Å². The van der Waals surface area contributed by atoms with E-state index in [0.29, 0.717) is 9.23 Å². The van der Waals surface area contributed by atoms with E-state index in [9.17, 15) is 4.79 Å². The zero-order valence-electron chi connectivity index (χ0n) is 16.3. The summed E-state index contributed by atoms with van der Waals surface area (Å²) < 4.78 is 6.75. The van der Waals surface area contributed by atoms with E-state index in [1.165, 1.54) is 31.0 Å². The molecule has 1 aliphatic carbocycles. The number of thiocarbonyl (C=S) groups is 1. The van der Waals surface area contributed by atoms with Crippen LogP contribution in [0.25, 0.3) is 16.8 Å². The van der Waals surface area contributed by atoms with Gasteiger partial charge in [-0.1, -0.05) is 73.6 Å². The number of carbonyl (C=O) groups excluding carboxylic acids is 1. The van der Waals surface area contributed by atoms with Crippen LogP contribution in [0.15, 0.2) is 41.3 Å². The van der Waals surface area contributed by atoms with Gasteiger partial charge in [-0.3, -0.25) is 9.69 Å². The first-order valence-electron chi connectivity index (χ1n) is 10.00. The first kappa shape index (κ1) is 19.5. The second-order valence-electron chi connectivity index (χ2n) is 7.71. The van der Waals surface area contributed by atoms with Gasteiger partial charge in [0, 0.05) is 11.6 Å². The van der Waals surface area contributed by atoms with Gasteiger partial charge in [0.05, 0.1) is 11.0 Å². The van der Waals surface area contributed by atoms with E-state index in [0.717, 1.165) is 34.9 Å². The molecule has 5 heteroatoms. The van der Waals surface area contributed by atoms with E-state index < -0.39 is 0 Å². The van der Waals surface area contributed by atoms with Crippen LogP contribution >= 0.6 is 24.0 Å². The number of benzene rings is 2.